The maximum atomic E-state index is 13.6. The van der Waals surface area contributed by atoms with Crippen molar-refractivity contribution in [2.45, 2.75) is 24.5 Å². The van der Waals surface area contributed by atoms with Gasteiger partial charge in [-0.1, -0.05) is 18.2 Å². The van der Waals surface area contributed by atoms with Crippen LogP contribution in [0.15, 0.2) is 41.3 Å². The summed E-state index contributed by atoms with van der Waals surface area (Å²) in [7, 11) is 0. The van der Waals surface area contributed by atoms with E-state index in [9.17, 15) is 24.2 Å². The van der Waals surface area contributed by atoms with E-state index in [0.717, 1.165) is 6.20 Å². The number of hydrogen-bond acceptors (Lipinski definition) is 8. The fourth-order valence-corrected chi connectivity index (χ4v) is 2.65. The average Bonchev–Trinajstić information content (AvgIpc) is 2.94. The number of aromatic nitrogens is 2. The summed E-state index contributed by atoms with van der Waals surface area (Å²) in [5.41, 5.74) is 4.50. The molecule has 0 aliphatic carbocycles. The van der Waals surface area contributed by atoms with Gasteiger partial charge in [0.15, 0.2) is 24.0 Å². The molecule has 0 unspecified atom stereocenters. The molecular weight excluding hydrogens is 349 g/mol. The third kappa shape index (κ3) is 3.29. The molecule has 1 saturated heterocycles. The summed E-state index contributed by atoms with van der Waals surface area (Å²) >= 11 is 0. The van der Waals surface area contributed by atoms with E-state index >= 15 is 0 Å². The Balaban J connectivity index is 1.85. The Morgan fingerprint density at radius 3 is 2.73 bits per heavy atom. The number of esters is 1. The first-order chi connectivity index (χ1) is 12.4. The van der Waals surface area contributed by atoms with Gasteiger partial charge in [0, 0.05) is 0 Å². The molecule has 2 heterocycles. The van der Waals surface area contributed by atoms with Gasteiger partial charge in [0.25, 0.3) is 0 Å². The summed E-state index contributed by atoms with van der Waals surface area (Å²) in [6.07, 6.45) is -4.60. The zero-order valence-electron chi connectivity index (χ0n) is 13.4. The number of hydrogen-bond donors (Lipinski definition) is 3. The number of aliphatic hydroxyl groups excluding tert-OH is 2. The van der Waals surface area contributed by atoms with Gasteiger partial charge in [-0.25, -0.2) is 14.0 Å². The highest BCUT2D eigenvalue weighted by atomic mass is 19.1. The molecule has 10 heteroatoms. The first-order valence-corrected chi connectivity index (χ1v) is 7.67. The SMILES string of the molecule is Nc1nc(=O)n([C@@H]2O[C@H](CO)[C@@H](OC(=O)c3ccccc3)[C@@H]2O)cc1F. The van der Waals surface area contributed by atoms with Gasteiger partial charge in [-0.3, -0.25) is 4.57 Å². The van der Waals surface area contributed by atoms with Crippen LogP contribution in [0.4, 0.5) is 10.2 Å². The second kappa shape index (κ2) is 7.20. The second-order valence-electron chi connectivity index (χ2n) is 5.64. The van der Waals surface area contributed by atoms with Crippen LogP contribution in [-0.2, 0) is 9.47 Å². The molecule has 1 aromatic heterocycles. The van der Waals surface area contributed by atoms with Crippen LogP contribution < -0.4 is 11.4 Å². The Kier molecular flexibility index (Phi) is 4.98. The van der Waals surface area contributed by atoms with E-state index in [-0.39, 0.29) is 5.56 Å². The quantitative estimate of drug-likeness (QED) is 0.613. The summed E-state index contributed by atoms with van der Waals surface area (Å²) in [5, 5.41) is 19.9. The molecule has 3 rings (SSSR count). The Hall–Kier alpha value is -2.82. The number of nitrogens with zero attached hydrogens (tertiary/aromatic N) is 2. The fourth-order valence-electron chi connectivity index (χ4n) is 2.65. The first-order valence-electron chi connectivity index (χ1n) is 7.67. The van der Waals surface area contributed by atoms with E-state index < -0.39 is 54.4 Å². The van der Waals surface area contributed by atoms with Gasteiger partial charge in [-0.2, -0.15) is 4.98 Å². The van der Waals surface area contributed by atoms with Gasteiger partial charge in [-0.05, 0) is 12.1 Å². The van der Waals surface area contributed by atoms with Crippen LogP contribution in [-0.4, -0.2) is 50.7 Å². The summed E-state index contributed by atoms with van der Waals surface area (Å²) in [6.45, 7) is -0.597. The normalized spacial score (nSPS) is 25.2. The van der Waals surface area contributed by atoms with Crippen molar-refractivity contribution in [2.75, 3.05) is 12.3 Å². The predicted molar refractivity (Wildman–Crippen MR) is 85.5 cm³/mol. The van der Waals surface area contributed by atoms with Crippen molar-refractivity contribution in [2.24, 2.45) is 0 Å². The maximum absolute atomic E-state index is 13.6. The smallest absolute Gasteiger partial charge is 0.351 e. The van der Waals surface area contributed by atoms with Crippen molar-refractivity contribution in [3.05, 3.63) is 58.4 Å². The molecule has 9 nitrogen and oxygen atoms in total. The van der Waals surface area contributed by atoms with Crippen molar-refractivity contribution in [1.82, 2.24) is 9.55 Å². The number of aliphatic hydroxyl groups is 2. The first kappa shape index (κ1) is 18.0. The molecule has 0 radical (unpaired) electrons. The fraction of sp³-hybridized carbons (Fsp3) is 0.312. The van der Waals surface area contributed by atoms with Gasteiger partial charge >= 0.3 is 11.7 Å². The summed E-state index contributed by atoms with van der Waals surface area (Å²) in [4.78, 5) is 27.4. The minimum Gasteiger partial charge on any atom is -0.453 e. The van der Waals surface area contributed by atoms with Crippen LogP contribution in [0.2, 0.25) is 0 Å². The van der Waals surface area contributed by atoms with E-state index in [4.69, 9.17) is 15.2 Å². The Morgan fingerprint density at radius 2 is 2.08 bits per heavy atom. The van der Waals surface area contributed by atoms with Crippen LogP contribution in [0.5, 0.6) is 0 Å². The number of ether oxygens (including phenoxy) is 2. The predicted octanol–water partition coefficient (Wildman–Crippen LogP) is -0.559. The maximum Gasteiger partial charge on any atom is 0.351 e. The highest BCUT2D eigenvalue weighted by molar-refractivity contribution is 5.89. The standard InChI is InChI=1S/C16H16FN3O6/c17-9-6-20(16(24)19-13(9)18)14-11(22)12(10(7-21)25-14)26-15(23)8-4-2-1-3-5-8/h1-6,10-12,14,21-22H,7H2,(H2,18,19,24)/t10-,11+,12-,14-/m1/s1. The van der Waals surface area contributed by atoms with E-state index in [2.05, 4.69) is 4.98 Å². The lowest BCUT2D eigenvalue weighted by Crippen LogP contribution is -2.39. The van der Waals surface area contributed by atoms with Crippen LogP contribution in [0.25, 0.3) is 0 Å². The van der Waals surface area contributed by atoms with Crippen molar-refractivity contribution in [1.29, 1.82) is 0 Å². The zero-order chi connectivity index (χ0) is 18.8. The summed E-state index contributed by atoms with van der Waals surface area (Å²) in [6, 6.07) is 8.01. The summed E-state index contributed by atoms with van der Waals surface area (Å²) < 4.78 is 24.9. The van der Waals surface area contributed by atoms with Crippen molar-refractivity contribution >= 4 is 11.8 Å². The van der Waals surface area contributed by atoms with Gasteiger partial charge in [0.2, 0.25) is 0 Å². The van der Waals surface area contributed by atoms with Crippen LogP contribution in [0.3, 0.4) is 0 Å². The number of halogens is 1. The van der Waals surface area contributed by atoms with Gasteiger partial charge in [0.05, 0.1) is 18.4 Å². The molecule has 1 aromatic carbocycles. The molecule has 1 fully saturated rings. The molecule has 0 bridgehead atoms. The largest absolute Gasteiger partial charge is 0.453 e. The molecule has 2 aromatic rings. The summed E-state index contributed by atoms with van der Waals surface area (Å²) in [5.74, 6) is -2.32. The molecule has 138 valence electrons. The molecular formula is C16H16FN3O6. The highest BCUT2D eigenvalue weighted by Crippen LogP contribution is 2.31. The third-order valence-corrected chi connectivity index (χ3v) is 3.95. The Morgan fingerprint density at radius 1 is 1.38 bits per heavy atom. The molecule has 0 spiro atoms. The van der Waals surface area contributed by atoms with Crippen molar-refractivity contribution in [3.63, 3.8) is 0 Å². The van der Waals surface area contributed by atoms with Gasteiger partial charge in [-0.15, -0.1) is 0 Å². The number of nitrogen functional groups attached to an aromatic ring is 1. The molecule has 4 N–H and O–H groups in total. The van der Waals surface area contributed by atoms with E-state index in [1.807, 2.05) is 0 Å². The lowest BCUT2D eigenvalue weighted by molar-refractivity contribution is -0.0566. The average molecular weight is 365 g/mol. The molecule has 0 saturated carbocycles. The van der Waals surface area contributed by atoms with Crippen LogP contribution in [0, 0.1) is 5.82 Å². The van der Waals surface area contributed by atoms with E-state index in [0.29, 0.717) is 4.57 Å². The Bertz CT molecular complexity index is 859. The number of rotatable bonds is 4. The Labute approximate surface area is 146 Å². The van der Waals surface area contributed by atoms with Crippen molar-refractivity contribution in [3.8, 4) is 0 Å². The topological polar surface area (TPSA) is 137 Å². The van der Waals surface area contributed by atoms with Crippen molar-refractivity contribution < 1.29 is 28.9 Å². The molecule has 4 atom stereocenters. The molecule has 0 amide bonds. The molecule has 1 aliphatic rings. The van der Waals surface area contributed by atoms with E-state index in [1.54, 1.807) is 18.2 Å². The van der Waals surface area contributed by atoms with E-state index in [1.165, 1.54) is 12.1 Å². The number of nitrogens with two attached hydrogens (primary N) is 1. The second-order valence-corrected chi connectivity index (χ2v) is 5.64. The molecule has 26 heavy (non-hydrogen) atoms. The van der Waals surface area contributed by atoms with Crippen LogP contribution >= 0.6 is 0 Å². The molecule has 1 aliphatic heterocycles. The third-order valence-electron chi connectivity index (χ3n) is 3.95. The number of benzene rings is 1. The van der Waals surface area contributed by atoms with Gasteiger partial charge < -0.3 is 25.4 Å². The monoisotopic (exact) mass is 365 g/mol. The minimum absolute atomic E-state index is 0.234. The lowest BCUT2D eigenvalue weighted by Gasteiger charge is -2.20. The number of anilines is 1. The zero-order valence-corrected chi connectivity index (χ0v) is 13.4. The van der Waals surface area contributed by atoms with Gasteiger partial charge in [0.1, 0.15) is 12.2 Å². The number of carbonyl (C=O) groups is 1. The minimum atomic E-state index is -1.54. The lowest BCUT2D eigenvalue weighted by atomic mass is 10.1. The highest BCUT2D eigenvalue weighted by Gasteiger charge is 2.47. The number of carbonyl (C=O) groups excluding carboxylic acids is 1. The van der Waals surface area contributed by atoms with Crippen LogP contribution in [0.1, 0.15) is 16.6 Å².